The molecule has 15 heavy (non-hydrogen) atoms. The SMILES string of the molecule is CCNC1(C(F)F)CC2CCC(C1)N2C. The number of fused-ring (bicyclic) bond motifs is 2. The maximum absolute atomic E-state index is 13.2. The van der Waals surface area contributed by atoms with Crippen molar-refractivity contribution in [3.05, 3.63) is 0 Å². The van der Waals surface area contributed by atoms with Crippen molar-refractivity contribution in [2.75, 3.05) is 13.6 Å². The highest BCUT2D eigenvalue weighted by atomic mass is 19.3. The zero-order valence-corrected chi connectivity index (χ0v) is 9.47. The average Bonchev–Trinajstić information content (AvgIpc) is 2.43. The van der Waals surface area contributed by atoms with Crippen molar-refractivity contribution < 1.29 is 8.78 Å². The normalized spacial score (nSPS) is 41.4. The summed E-state index contributed by atoms with van der Waals surface area (Å²) in [5, 5.41) is 3.04. The second-order valence-corrected chi connectivity index (χ2v) is 4.95. The van der Waals surface area contributed by atoms with E-state index in [0.717, 1.165) is 12.8 Å². The van der Waals surface area contributed by atoms with Gasteiger partial charge in [0.15, 0.2) is 0 Å². The minimum atomic E-state index is -2.24. The van der Waals surface area contributed by atoms with Crippen LogP contribution < -0.4 is 5.32 Å². The van der Waals surface area contributed by atoms with Crippen LogP contribution in [0.4, 0.5) is 8.78 Å². The third-order valence-electron chi connectivity index (χ3n) is 4.13. The molecule has 2 saturated heterocycles. The number of rotatable bonds is 3. The van der Waals surface area contributed by atoms with Gasteiger partial charge in [-0.05, 0) is 39.3 Å². The lowest BCUT2D eigenvalue weighted by Crippen LogP contribution is -2.60. The number of hydrogen-bond acceptors (Lipinski definition) is 2. The zero-order valence-electron chi connectivity index (χ0n) is 9.47. The second kappa shape index (κ2) is 3.98. The fourth-order valence-corrected chi connectivity index (χ4v) is 3.26. The molecule has 0 amide bonds. The highest BCUT2D eigenvalue weighted by Gasteiger charge is 2.51. The Labute approximate surface area is 90.0 Å². The van der Waals surface area contributed by atoms with E-state index in [-0.39, 0.29) is 0 Å². The van der Waals surface area contributed by atoms with Crippen molar-refractivity contribution in [1.29, 1.82) is 0 Å². The van der Waals surface area contributed by atoms with Crippen LogP contribution in [0.2, 0.25) is 0 Å². The van der Waals surface area contributed by atoms with E-state index in [1.807, 2.05) is 6.92 Å². The molecule has 2 heterocycles. The first-order valence-electron chi connectivity index (χ1n) is 5.84. The minimum Gasteiger partial charge on any atom is -0.307 e. The van der Waals surface area contributed by atoms with Gasteiger partial charge in [0.2, 0.25) is 0 Å². The summed E-state index contributed by atoms with van der Waals surface area (Å²) in [6, 6.07) is 0.716. The lowest BCUT2D eigenvalue weighted by molar-refractivity contribution is -0.0282. The molecule has 0 saturated carbocycles. The van der Waals surface area contributed by atoms with Crippen LogP contribution in [0.3, 0.4) is 0 Å². The molecule has 2 aliphatic rings. The lowest BCUT2D eigenvalue weighted by Gasteiger charge is -2.45. The molecule has 2 rings (SSSR count). The van der Waals surface area contributed by atoms with E-state index in [1.165, 1.54) is 0 Å². The fraction of sp³-hybridized carbons (Fsp3) is 1.00. The third-order valence-corrected chi connectivity index (χ3v) is 4.13. The summed E-state index contributed by atoms with van der Waals surface area (Å²) < 4.78 is 26.4. The van der Waals surface area contributed by atoms with Crippen molar-refractivity contribution in [2.24, 2.45) is 0 Å². The van der Waals surface area contributed by atoms with Crippen molar-refractivity contribution in [3.8, 4) is 0 Å². The molecule has 2 aliphatic heterocycles. The van der Waals surface area contributed by atoms with Gasteiger partial charge in [-0.2, -0.15) is 0 Å². The fourth-order valence-electron chi connectivity index (χ4n) is 3.26. The maximum Gasteiger partial charge on any atom is 0.256 e. The van der Waals surface area contributed by atoms with Crippen LogP contribution in [-0.2, 0) is 0 Å². The van der Waals surface area contributed by atoms with E-state index in [2.05, 4.69) is 17.3 Å². The van der Waals surface area contributed by atoms with E-state index in [0.29, 0.717) is 31.5 Å². The Morgan fingerprint density at radius 3 is 2.27 bits per heavy atom. The first-order chi connectivity index (χ1) is 7.09. The quantitative estimate of drug-likeness (QED) is 0.777. The van der Waals surface area contributed by atoms with E-state index < -0.39 is 12.0 Å². The molecule has 0 spiro atoms. The van der Waals surface area contributed by atoms with Crippen molar-refractivity contribution >= 4 is 0 Å². The van der Waals surface area contributed by atoms with Gasteiger partial charge in [-0.3, -0.25) is 0 Å². The number of halogens is 2. The monoisotopic (exact) mass is 218 g/mol. The van der Waals surface area contributed by atoms with Crippen molar-refractivity contribution in [3.63, 3.8) is 0 Å². The molecule has 2 bridgehead atoms. The number of nitrogens with one attached hydrogen (secondary N) is 1. The summed E-state index contributed by atoms with van der Waals surface area (Å²) >= 11 is 0. The molecular weight excluding hydrogens is 198 g/mol. The molecule has 0 radical (unpaired) electrons. The third kappa shape index (κ3) is 1.78. The van der Waals surface area contributed by atoms with Gasteiger partial charge in [-0.15, -0.1) is 0 Å². The Kier molecular flexibility index (Phi) is 2.99. The van der Waals surface area contributed by atoms with Crippen LogP contribution in [0.1, 0.15) is 32.6 Å². The zero-order chi connectivity index (χ0) is 11.1. The van der Waals surface area contributed by atoms with Crippen LogP contribution in [0, 0.1) is 0 Å². The molecule has 0 aliphatic carbocycles. The summed E-state index contributed by atoms with van der Waals surface area (Å²) in [6.45, 7) is 2.54. The molecule has 2 nitrogen and oxygen atoms in total. The van der Waals surface area contributed by atoms with E-state index in [1.54, 1.807) is 0 Å². The van der Waals surface area contributed by atoms with E-state index in [4.69, 9.17) is 0 Å². The van der Waals surface area contributed by atoms with Crippen molar-refractivity contribution in [1.82, 2.24) is 10.2 Å². The molecule has 2 fully saturated rings. The molecule has 88 valence electrons. The van der Waals surface area contributed by atoms with Crippen LogP contribution in [0.15, 0.2) is 0 Å². The number of hydrogen-bond donors (Lipinski definition) is 1. The topological polar surface area (TPSA) is 15.3 Å². The Balaban J connectivity index is 2.15. The van der Waals surface area contributed by atoms with Gasteiger partial charge in [-0.25, -0.2) is 8.78 Å². The van der Waals surface area contributed by atoms with Gasteiger partial charge in [0.25, 0.3) is 6.43 Å². The maximum atomic E-state index is 13.2. The van der Waals surface area contributed by atoms with Gasteiger partial charge in [0, 0.05) is 12.1 Å². The van der Waals surface area contributed by atoms with Crippen LogP contribution in [0.25, 0.3) is 0 Å². The largest absolute Gasteiger partial charge is 0.307 e. The van der Waals surface area contributed by atoms with Gasteiger partial charge in [0.1, 0.15) is 0 Å². The Hall–Kier alpha value is -0.220. The predicted molar refractivity (Wildman–Crippen MR) is 56.2 cm³/mol. The van der Waals surface area contributed by atoms with E-state index >= 15 is 0 Å². The Morgan fingerprint density at radius 1 is 1.33 bits per heavy atom. The second-order valence-electron chi connectivity index (χ2n) is 4.95. The molecule has 0 aromatic heterocycles. The van der Waals surface area contributed by atoms with E-state index in [9.17, 15) is 8.78 Å². The summed E-state index contributed by atoms with van der Waals surface area (Å²) in [7, 11) is 2.07. The predicted octanol–water partition coefficient (Wildman–Crippen LogP) is 1.86. The summed E-state index contributed by atoms with van der Waals surface area (Å²) in [6.07, 6.45) is 1.13. The van der Waals surface area contributed by atoms with Gasteiger partial charge in [0.05, 0.1) is 5.54 Å². The van der Waals surface area contributed by atoms with Crippen molar-refractivity contribution in [2.45, 2.75) is 56.7 Å². The molecule has 0 aromatic carbocycles. The average molecular weight is 218 g/mol. The molecular formula is C11H20F2N2. The highest BCUT2D eigenvalue weighted by molar-refractivity contribution is 5.06. The molecule has 0 aromatic rings. The number of alkyl halides is 2. The Morgan fingerprint density at radius 2 is 1.87 bits per heavy atom. The summed E-state index contributed by atoms with van der Waals surface area (Å²) in [5.41, 5.74) is -0.910. The lowest BCUT2D eigenvalue weighted by atomic mass is 9.83. The van der Waals surface area contributed by atoms with Crippen LogP contribution in [0.5, 0.6) is 0 Å². The number of piperidine rings is 1. The molecule has 4 heteroatoms. The molecule has 2 atom stereocenters. The standard InChI is InChI=1S/C11H20F2N2/c1-3-14-11(10(12)13)6-8-4-5-9(7-11)15(8)2/h8-10,14H,3-7H2,1-2H3. The summed E-state index contributed by atoms with van der Waals surface area (Å²) in [4.78, 5) is 2.29. The first kappa shape index (κ1) is 11.3. The highest BCUT2D eigenvalue weighted by Crippen LogP contribution is 2.42. The molecule has 1 N–H and O–H groups in total. The van der Waals surface area contributed by atoms with Gasteiger partial charge >= 0.3 is 0 Å². The van der Waals surface area contributed by atoms with Crippen LogP contribution in [-0.4, -0.2) is 42.5 Å². The van der Waals surface area contributed by atoms with Gasteiger partial charge in [-0.1, -0.05) is 6.92 Å². The minimum absolute atomic E-state index is 0.358. The Bertz CT molecular complexity index is 219. The smallest absolute Gasteiger partial charge is 0.256 e. The van der Waals surface area contributed by atoms with Crippen LogP contribution >= 0.6 is 0 Å². The van der Waals surface area contributed by atoms with Gasteiger partial charge < -0.3 is 10.2 Å². The molecule has 2 unspecified atom stereocenters. The summed E-state index contributed by atoms with van der Waals surface area (Å²) in [5.74, 6) is 0. The number of nitrogens with zero attached hydrogens (tertiary/aromatic N) is 1. The first-order valence-corrected chi connectivity index (χ1v) is 5.84.